The first kappa shape index (κ1) is 16.5. The fourth-order valence-corrected chi connectivity index (χ4v) is 2.39. The first-order chi connectivity index (χ1) is 9.27. The maximum Gasteiger partial charge on any atom is 0.315 e. The van der Waals surface area contributed by atoms with Crippen LogP contribution in [0.3, 0.4) is 0 Å². The van der Waals surface area contributed by atoms with Gasteiger partial charge in [0.1, 0.15) is 0 Å². The number of rotatable bonds is 4. The van der Waals surface area contributed by atoms with Gasteiger partial charge in [-0.2, -0.15) is 5.06 Å². The number of halogens is 1. The smallest absolute Gasteiger partial charge is 0.315 e. The molecule has 1 aromatic rings. The summed E-state index contributed by atoms with van der Waals surface area (Å²) in [6.45, 7) is 1.92. The zero-order valence-corrected chi connectivity index (χ0v) is 12.3. The van der Waals surface area contributed by atoms with Gasteiger partial charge < -0.3 is 4.90 Å². The Balaban J connectivity index is 0.00000200. The van der Waals surface area contributed by atoms with Gasteiger partial charge in [-0.1, -0.05) is 12.1 Å². The van der Waals surface area contributed by atoms with Gasteiger partial charge in [0.05, 0.1) is 18.5 Å². The number of benzene rings is 1. The van der Waals surface area contributed by atoms with Crippen molar-refractivity contribution in [3.05, 3.63) is 24.3 Å². The van der Waals surface area contributed by atoms with E-state index in [1.165, 1.54) is 13.5 Å². The van der Waals surface area contributed by atoms with E-state index in [9.17, 15) is 9.59 Å². The highest BCUT2D eigenvalue weighted by Gasteiger charge is 2.21. The van der Waals surface area contributed by atoms with Crippen molar-refractivity contribution in [1.29, 1.82) is 0 Å². The third kappa shape index (κ3) is 3.49. The van der Waals surface area contributed by atoms with Crippen molar-refractivity contribution in [1.82, 2.24) is 0 Å². The van der Waals surface area contributed by atoms with Crippen LogP contribution in [0.25, 0.3) is 0 Å². The number of carbonyl (C=O) groups is 2. The molecule has 5 nitrogen and oxygen atoms in total. The molecule has 1 heterocycles. The predicted octanol–water partition coefficient (Wildman–Crippen LogP) is 2.19. The van der Waals surface area contributed by atoms with Crippen molar-refractivity contribution in [2.75, 3.05) is 30.2 Å². The SMILES string of the molecule is CON(C(=O)C=O)c1ccccc1N1CCCCC1.Cl. The highest BCUT2D eigenvalue weighted by molar-refractivity contribution is 6.30. The molecule has 1 saturated heterocycles. The van der Waals surface area contributed by atoms with Crippen molar-refractivity contribution in [2.45, 2.75) is 19.3 Å². The number of hydroxylamine groups is 1. The predicted molar refractivity (Wildman–Crippen MR) is 80.3 cm³/mol. The van der Waals surface area contributed by atoms with Crippen LogP contribution in [0.4, 0.5) is 11.4 Å². The average molecular weight is 299 g/mol. The molecule has 0 unspecified atom stereocenters. The summed E-state index contributed by atoms with van der Waals surface area (Å²) in [6.07, 6.45) is 3.78. The Bertz CT molecular complexity index is 461. The molecule has 0 atom stereocenters. The van der Waals surface area contributed by atoms with E-state index in [0.717, 1.165) is 36.7 Å². The molecule has 6 heteroatoms. The lowest BCUT2D eigenvalue weighted by Crippen LogP contribution is -2.35. The van der Waals surface area contributed by atoms with Crippen LogP contribution in [-0.2, 0) is 14.4 Å². The molecular formula is C14H19ClN2O3. The van der Waals surface area contributed by atoms with E-state index in [-0.39, 0.29) is 18.7 Å². The van der Waals surface area contributed by atoms with E-state index in [1.54, 1.807) is 6.07 Å². The normalized spacial score (nSPS) is 14.3. The van der Waals surface area contributed by atoms with E-state index in [0.29, 0.717) is 5.69 Å². The van der Waals surface area contributed by atoms with Gasteiger partial charge in [0.25, 0.3) is 0 Å². The molecule has 0 bridgehead atoms. The molecule has 0 radical (unpaired) electrons. The van der Waals surface area contributed by atoms with Crippen LogP contribution in [0, 0.1) is 0 Å². The summed E-state index contributed by atoms with van der Waals surface area (Å²) < 4.78 is 0. The third-order valence-electron chi connectivity index (χ3n) is 3.28. The van der Waals surface area contributed by atoms with Crippen molar-refractivity contribution < 1.29 is 14.4 Å². The molecule has 0 spiro atoms. The second kappa shape index (κ2) is 7.87. The van der Waals surface area contributed by atoms with Crippen LogP contribution >= 0.6 is 12.4 Å². The molecule has 1 aromatic carbocycles. The van der Waals surface area contributed by atoms with E-state index in [1.807, 2.05) is 18.2 Å². The number of piperidine rings is 1. The monoisotopic (exact) mass is 298 g/mol. The van der Waals surface area contributed by atoms with Crippen LogP contribution < -0.4 is 9.96 Å². The Morgan fingerprint density at radius 3 is 2.50 bits per heavy atom. The summed E-state index contributed by atoms with van der Waals surface area (Å²) in [5, 5.41) is 1.04. The van der Waals surface area contributed by atoms with Crippen LogP contribution in [0.5, 0.6) is 0 Å². The minimum atomic E-state index is -0.702. The summed E-state index contributed by atoms with van der Waals surface area (Å²) in [5.74, 6) is -0.702. The minimum Gasteiger partial charge on any atom is -0.370 e. The van der Waals surface area contributed by atoms with Crippen molar-refractivity contribution >= 4 is 36.0 Å². The fraction of sp³-hybridized carbons (Fsp3) is 0.429. The number of nitrogens with zero attached hydrogens (tertiary/aromatic N) is 2. The van der Waals surface area contributed by atoms with Gasteiger partial charge >= 0.3 is 5.91 Å². The molecule has 0 saturated carbocycles. The number of hydrogen-bond donors (Lipinski definition) is 0. The summed E-state index contributed by atoms with van der Waals surface area (Å²) in [6, 6.07) is 7.49. The maximum absolute atomic E-state index is 11.6. The minimum absolute atomic E-state index is 0. The van der Waals surface area contributed by atoms with Crippen LogP contribution in [0.2, 0.25) is 0 Å². The number of anilines is 2. The average Bonchev–Trinajstić information content (AvgIpc) is 2.49. The highest BCUT2D eigenvalue weighted by Crippen LogP contribution is 2.31. The van der Waals surface area contributed by atoms with Crippen LogP contribution in [-0.4, -0.2) is 32.4 Å². The fourth-order valence-electron chi connectivity index (χ4n) is 2.39. The van der Waals surface area contributed by atoms with Crippen molar-refractivity contribution in [2.24, 2.45) is 0 Å². The van der Waals surface area contributed by atoms with Gasteiger partial charge in [-0.15, -0.1) is 12.4 Å². The Kier molecular flexibility index (Phi) is 6.48. The van der Waals surface area contributed by atoms with E-state index < -0.39 is 5.91 Å². The molecule has 20 heavy (non-hydrogen) atoms. The quantitative estimate of drug-likeness (QED) is 0.486. The van der Waals surface area contributed by atoms with E-state index in [2.05, 4.69) is 4.90 Å². The zero-order chi connectivity index (χ0) is 13.7. The second-order valence-electron chi connectivity index (χ2n) is 4.47. The molecule has 0 N–H and O–H groups in total. The van der Waals surface area contributed by atoms with Crippen molar-refractivity contribution in [3.8, 4) is 0 Å². The molecule has 1 aliphatic rings. The molecular weight excluding hydrogens is 280 g/mol. The zero-order valence-electron chi connectivity index (χ0n) is 11.4. The lowest BCUT2D eigenvalue weighted by atomic mass is 10.1. The first-order valence-corrected chi connectivity index (χ1v) is 6.45. The van der Waals surface area contributed by atoms with Gasteiger partial charge in [0.15, 0.2) is 0 Å². The Morgan fingerprint density at radius 1 is 1.25 bits per heavy atom. The second-order valence-corrected chi connectivity index (χ2v) is 4.47. The van der Waals surface area contributed by atoms with E-state index in [4.69, 9.17) is 4.84 Å². The van der Waals surface area contributed by atoms with Crippen molar-refractivity contribution in [3.63, 3.8) is 0 Å². The highest BCUT2D eigenvalue weighted by atomic mass is 35.5. The van der Waals surface area contributed by atoms with Gasteiger partial charge in [-0.3, -0.25) is 14.4 Å². The van der Waals surface area contributed by atoms with Gasteiger partial charge in [-0.05, 0) is 31.4 Å². The van der Waals surface area contributed by atoms with Gasteiger partial charge in [0.2, 0.25) is 6.29 Å². The molecule has 2 rings (SSSR count). The number of aldehydes is 1. The third-order valence-corrected chi connectivity index (χ3v) is 3.28. The maximum atomic E-state index is 11.6. The van der Waals surface area contributed by atoms with Crippen LogP contribution in [0.1, 0.15) is 19.3 Å². The Hall–Kier alpha value is -1.59. The molecule has 1 aliphatic heterocycles. The number of hydrogen-bond acceptors (Lipinski definition) is 4. The van der Waals surface area contributed by atoms with Gasteiger partial charge in [-0.25, -0.2) is 0 Å². The number of carbonyl (C=O) groups excluding carboxylic acids is 2. The summed E-state index contributed by atoms with van der Waals surface area (Å²) in [7, 11) is 1.38. The molecule has 0 aliphatic carbocycles. The number of para-hydroxylation sites is 2. The molecule has 1 amide bonds. The van der Waals surface area contributed by atoms with Gasteiger partial charge in [0, 0.05) is 13.1 Å². The molecule has 0 aromatic heterocycles. The summed E-state index contributed by atoms with van der Waals surface area (Å²) in [5.41, 5.74) is 1.54. The molecule has 110 valence electrons. The Labute approximate surface area is 124 Å². The summed E-state index contributed by atoms with van der Waals surface area (Å²) in [4.78, 5) is 29.5. The summed E-state index contributed by atoms with van der Waals surface area (Å²) >= 11 is 0. The number of amides is 1. The molecule has 1 fully saturated rings. The Morgan fingerprint density at radius 2 is 1.90 bits per heavy atom. The standard InChI is InChI=1S/C14H18N2O3.ClH/c1-19-16(14(18)11-17)13-8-4-3-7-12(13)15-9-5-2-6-10-15;/h3-4,7-8,11H,2,5-6,9-10H2,1H3;1H. The lowest BCUT2D eigenvalue weighted by Gasteiger charge is -2.32. The first-order valence-electron chi connectivity index (χ1n) is 6.45. The topological polar surface area (TPSA) is 49.9 Å². The van der Waals surface area contributed by atoms with Crippen LogP contribution in [0.15, 0.2) is 24.3 Å². The largest absolute Gasteiger partial charge is 0.370 e. The van der Waals surface area contributed by atoms with E-state index >= 15 is 0 Å². The lowest BCUT2D eigenvalue weighted by molar-refractivity contribution is -0.133.